The van der Waals surface area contributed by atoms with Gasteiger partial charge in [0.15, 0.2) is 5.75 Å². The molecule has 0 atom stereocenters. The molecular weight excluding hydrogens is 212 g/mol. The standard InChI is InChI=1S/C14H26N2O/c1-6-7-16-13(9-11(4)5)14(17)12(15-16)8-10(2)3/h10-11,17H,6-9H2,1-5H3. The minimum Gasteiger partial charge on any atom is -0.504 e. The molecule has 0 spiro atoms. The van der Waals surface area contributed by atoms with E-state index in [1.807, 2.05) is 4.68 Å². The summed E-state index contributed by atoms with van der Waals surface area (Å²) in [6.07, 6.45) is 2.80. The first-order chi connectivity index (χ1) is 7.95. The van der Waals surface area contributed by atoms with Crippen LogP contribution in [0.3, 0.4) is 0 Å². The topological polar surface area (TPSA) is 38.0 Å². The van der Waals surface area contributed by atoms with Crippen LogP contribution in [0, 0.1) is 11.8 Å². The Morgan fingerprint density at radius 2 is 1.71 bits per heavy atom. The van der Waals surface area contributed by atoms with E-state index in [4.69, 9.17) is 0 Å². The zero-order chi connectivity index (χ0) is 13.0. The lowest BCUT2D eigenvalue weighted by molar-refractivity contribution is 0.445. The normalized spacial score (nSPS) is 11.7. The van der Waals surface area contributed by atoms with Gasteiger partial charge in [0.1, 0.15) is 5.69 Å². The molecule has 0 aliphatic heterocycles. The number of aryl methyl sites for hydroxylation is 1. The Morgan fingerprint density at radius 3 is 2.18 bits per heavy atom. The summed E-state index contributed by atoms with van der Waals surface area (Å²) in [6, 6.07) is 0. The Balaban J connectivity index is 3.01. The molecule has 0 fully saturated rings. The smallest absolute Gasteiger partial charge is 0.160 e. The minimum atomic E-state index is 0.431. The minimum absolute atomic E-state index is 0.431. The summed E-state index contributed by atoms with van der Waals surface area (Å²) in [5.41, 5.74) is 1.88. The molecule has 0 radical (unpaired) electrons. The Bertz CT molecular complexity index is 353. The summed E-state index contributed by atoms with van der Waals surface area (Å²) in [4.78, 5) is 0. The summed E-state index contributed by atoms with van der Waals surface area (Å²) in [7, 11) is 0. The van der Waals surface area contributed by atoms with Crippen LogP contribution >= 0.6 is 0 Å². The Morgan fingerprint density at radius 1 is 1.12 bits per heavy atom. The molecule has 1 aromatic rings. The van der Waals surface area contributed by atoms with Crippen molar-refractivity contribution in [3.05, 3.63) is 11.4 Å². The molecule has 3 heteroatoms. The maximum Gasteiger partial charge on any atom is 0.160 e. The molecule has 1 aromatic heterocycles. The van der Waals surface area contributed by atoms with E-state index < -0.39 is 0 Å². The van der Waals surface area contributed by atoms with Crippen molar-refractivity contribution in [2.45, 2.75) is 60.4 Å². The fourth-order valence-electron chi connectivity index (χ4n) is 2.05. The van der Waals surface area contributed by atoms with Crippen LogP contribution in [0.5, 0.6) is 5.75 Å². The first kappa shape index (κ1) is 14.1. The Hall–Kier alpha value is -0.990. The van der Waals surface area contributed by atoms with E-state index in [2.05, 4.69) is 39.7 Å². The highest BCUT2D eigenvalue weighted by Crippen LogP contribution is 2.27. The third-order valence-electron chi connectivity index (χ3n) is 2.74. The number of hydrogen-bond donors (Lipinski definition) is 1. The number of aromatic nitrogens is 2. The van der Waals surface area contributed by atoms with Crippen LogP contribution in [0.1, 0.15) is 52.4 Å². The third-order valence-corrected chi connectivity index (χ3v) is 2.74. The molecule has 98 valence electrons. The molecule has 17 heavy (non-hydrogen) atoms. The predicted molar refractivity (Wildman–Crippen MR) is 71.3 cm³/mol. The van der Waals surface area contributed by atoms with Gasteiger partial charge in [-0.2, -0.15) is 5.10 Å². The van der Waals surface area contributed by atoms with Crippen molar-refractivity contribution < 1.29 is 5.11 Å². The maximum absolute atomic E-state index is 10.3. The largest absolute Gasteiger partial charge is 0.504 e. The molecule has 0 aliphatic carbocycles. The van der Waals surface area contributed by atoms with Crippen LogP contribution in [0.4, 0.5) is 0 Å². The predicted octanol–water partition coefficient (Wildman–Crippen LogP) is 3.40. The number of aromatic hydroxyl groups is 1. The zero-order valence-electron chi connectivity index (χ0n) is 11.8. The fraction of sp³-hybridized carbons (Fsp3) is 0.786. The number of hydrogen-bond acceptors (Lipinski definition) is 2. The van der Waals surface area contributed by atoms with Crippen LogP contribution < -0.4 is 0 Å². The highest BCUT2D eigenvalue weighted by molar-refractivity contribution is 5.33. The van der Waals surface area contributed by atoms with Gasteiger partial charge < -0.3 is 5.11 Å². The second kappa shape index (κ2) is 6.08. The molecule has 0 saturated carbocycles. The average molecular weight is 238 g/mol. The van der Waals surface area contributed by atoms with Crippen molar-refractivity contribution in [2.75, 3.05) is 0 Å². The van der Waals surface area contributed by atoms with Gasteiger partial charge in [0.25, 0.3) is 0 Å². The molecule has 3 nitrogen and oxygen atoms in total. The quantitative estimate of drug-likeness (QED) is 0.825. The Labute approximate surface area is 105 Å². The average Bonchev–Trinajstić information content (AvgIpc) is 2.46. The van der Waals surface area contributed by atoms with Gasteiger partial charge in [0, 0.05) is 6.54 Å². The summed E-state index contributed by atoms with van der Waals surface area (Å²) in [5.74, 6) is 1.50. The Kier molecular flexibility index (Phi) is 5.03. The molecule has 0 aromatic carbocycles. The molecule has 1 rings (SSSR count). The van der Waals surface area contributed by atoms with E-state index >= 15 is 0 Å². The van der Waals surface area contributed by atoms with E-state index in [0.29, 0.717) is 17.6 Å². The van der Waals surface area contributed by atoms with E-state index in [1.165, 1.54) is 0 Å². The molecule has 0 unspecified atom stereocenters. The first-order valence-electron chi connectivity index (χ1n) is 6.73. The highest BCUT2D eigenvalue weighted by Gasteiger charge is 2.18. The van der Waals surface area contributed by atoms with Gasteiger partial charge in [0.05, 0.1) is 5.69 Å². The van der Waals surface area contributed by atoms with Crippen molar-refractivity contribution in [3.8, 4) is 5.75 Å². The van der Waals surface area contributed by atoms with Gasteiger partial charge in [-0.1, -0.05) is 34.6 Å². The van der Waals surface area contributed by atoms with Crippen LogP contribution in [0.2, 0.25) is 0 Å². The van der Waals surface area contributed by atoms with Gasteiger partial charge in [-0.3, -0.25) is 4.68 Å². The summed E-state index contributed by atoms with van der Waals surface area (Å²) in [5, 5.41) is 14.8. The lowest BCUT2D eigenvalue weighted by atomic mass is 10.0. The second-order valence-electron chi connectivity index (χ2n) is 5.66. The van der Waals surface area contributed by atoms with Crippen molar-refractivity contribution in [1.29, 1.82) is 0 Å². The lowest BCUT2D eigenvalue weighted by Crippen LogP contribution is -2.07. The van der Waals surface area contributed by atoms with Crippen LogP contribution in [-0.4, -0.2) is 14.9 Å². The summed E-state index contributed by atoms with van der Waals surface area (Å²) >= 11 is 0. The molecule has 0 bridgehead atoms. The summed E-state index contributed by atoms with van der Waals surface area (Å²) < 4.78 is 1.99. The van der Waals surface area contributed by atoms with Gasteiger partial charge in [0.2, 0.25) is 0 Å². The van der Waals surface area contributed by atoms with Gasteiger partial charge >= 0.3 is 0 Å². The van der Waals surface area contributed by atoms with Gasteiger partial charge in [-0.25, -0.2) is 0 Å². The van der Waals surface area contributed by atoms with Crippen molar-refractivity contribution >= 4 is 0 Å². The van der Waals surface area contributed by atoms with Crippen molar-refractivity contribution in [3.63, 3.8) is 0 Å². The van der Waals surface area contributed by atoms with Crippen LogP contribution in [0.15, 0.2) is 0 Å². The SMILES string of the molecule is CCCn1nc(CC(C)C)c(O)c1CC(C)C. The van der Waals surface area contributed by atoms with E-state index in [-0.39, 0.29) is 0 Å². The lowest BCUT2D eigenvalue weighted by Gasteiger charge is -2.08. The molecular formula is C14H26N2O. The molecule has 0 saturated heterocycles. The molecule has 1 heterocycles. The zero-order valence-corrected chi connectivity index (χ0v) is 11.8. The van der Waals surface area contributed by atoms with E-state index in [0.717, 1.165) is 37.2 Å². The van der Waals surface area contributed by atoms with Gasteiger partial charge in [-0.15, -0.1) is 0 Å². The first-order valence-corrected chi connectivity index (χ1v) is 6.73. The van der Waals surface area contributed by atoms with Crippen molar-refractivity contribution in [1.82, 2.24) is 9.78 Å². The number of rotatable bonds is 6. The number of nitrogens with zero attached hydrogens (tertiary/aromatic N) is 2. The van der Waals surface area contributed by atoms with Crippen LogP contribution in [-0.2, 0) is 19.4 Å². The molecule has 1 N–H and O–H groups in total. The highest BCUT2D eigenvalue weighted by atomic mass is 16.3. The van der Waals surface area contributed by atoms with Gasteiger partial charge in [-0.05, 0) is 31.1 Å². The monoisotopic (exact) mass is 238 g/mol. The third kappa shape index (κ3) is 3.76. The fourth-order valence-corrected chi connectivity index (χ4v) is 2.05. The summed E-state index contributed by atoms with van der Waals surface area (Å²) in [6.45, 7) is 11.7. The molecule has 0 amide bonds. The second-order valence-corrected chi connectivity index (χ2v) is 5.66. The van der Waals surface area contributed by atoms with E-state index in [1.54, 1.807) is 0 Å². The molecule has 0 aliphatic rings. The van der Waals surface area contributed by atoms with Crippen LogP contribution in [0.25, 0.3) is 0 Å². The maximum atomic E-state index is 10.3. The van der Waals surface area contributed by atoms with E-state index in [9.17, 15) is 5.11 Å². The van der Waals surface area contributed by atoms with Crippen molar-refractivity contribution in [2.24, 2.45) is 11.8 Å².